The molecule has 82 valence electrons. The van der Waals surface area contributed by atoms with E-state index in [1.54, 1.807) is 0 Å². The lowest BCUT2D eigenvalue weighted by molar-refractivity contribution is 0.355. The Kier molecular flexibility index (Phi) is 3.32. The van der Waals surface area contributed by atoms with Crippen molar-refractivity contribution in [1.82, 2.24) is 0 Å². The van der Waals surface area contributed by atoms with Crippen molar-refractivity contribution in [2.45, 2.75) is 25.7 Å². The Morgan fingerprint density at radius 1 is 1.53 bits per heavy atom. The number of ether oxygens (including phenoxy) is 1. The van der Waals surface area contributed by atoms with Crippen LogP contribution in [0.25, 0.3) is 0 Å². The van der Waals surface area contributed by atoms with Crippen molar-refractivity contribution >= 4 is 15.9 Å². The van der Waals surface area contributed by atoms with Gasteiger partial charge in [0.05, 0.1) is 11.1 Å². The molecule has 15 heavy (non-hydrogen) atoms. The fraction of sp³-hybridized carbons (Fsp3) is 0.500. The van der Waals surface area contributed by atoms with E-state index in [0.29, 0.717) is 5.92 Å². The van der Waals surface area contributed by atoms with Crippen LogP contribution in [0.4, 0.5) is 0 Å². The van der Waals surface area contributed by atoms with Gasteiger partial charge in [0.1, 0.15) is 5.75 Å². The van der Waals surface area contributed by atoms with Crippen LogP contribution in [-0.4, -0.2) is 13.2 Å². The topological polar surface area (TPSA) is 35.2 Å². The predicted molar refractivity (Wildman–Crippen MR) is 65.4 cm³/mol. The van der Waals surface area contributed by atoms with Crippen molar-refractivity contribution in [3.63, 3.8) is 0 Å². The molecule has 1 aliphatic heterocycles. The van der Waals surface area contributed by atoms with E-state index < -0.39 is 0 Å². The van der Waals surface area contributed by atoms with Crippen LogP contribution in [0, 0.1) is 0 Å². The summed E-state index contributed by atoms with van der Waals surface area (Å²) < 4.78 is 6.63. The normalized spacial score (nSPS) is 15.9. The van der Waals surface area contributed by atoms with E-state index >= 15 is 0 Å². The van der Waals surface area contributed by atoms with Crippen molar-refractivity contribution in [2.75, 3.05) is 13.2 Å². The maximum atomic E-state index is 5.58. The van der Waals surface area contributed by atoms with Gasteiger partial charge < -0.3 is 10.5 Å². The van der Waals surface area contributed by atoms with Crippen molar-refractivity contribution in [3.05, 3.63) is 27.7 Å². The molecule has 1 atom stereocenters. The van der Waals surface area contributed by atoms with Gasteiger partial charge in [-0.05, 0) is 52.0 Å². The van der Waals surface area contributed by atoms with E-state index in [-0.39, 0.29) is 0 Å². The van der Waals surface area contributed by atoms with Crippen molar-refractivity contribution in [1.29, 1.82) is 0 Å². The van der Waals surface area contributed by atoms with Crippen molar-refractivity contribution in [3.8, 4) is 5.75 Å². The first-order valence-corrected chi connectivity index (χ1v) is 6.17. The summed E-state index contributed by atoms with van der Waals surface area (Å²) in [6, 6.07) is 4.41. The first-order chi connectivity index (χ1) is 7.22. The summed E-state index contributed by atoms with van der Waals surface area (Å²) in [4.78, 5) is 0. The number of fused-ring (bicyclic) bond motifs is 1. The first-order valence-electron chi connectivity index (χ1n) is 5.37. The number of benzene rings is 1. The molecular formula is C12H16BrNO. The van der Waals surface area contributed by atoms with Gasteiger partial charge in [-0.2, -0.15) is 0 Å². The molecule has 0 spiro atoms. The molecule has 0 aliphatic carbocycles. The smallest absolute Gasteiger partial charge is 0.136 e. The van der Waals surface area contributed by atoms with Gasteiger partial charge in [-0.15, -0.1) is 0 Å². The minimum atomic E-state index is 0.525. The highest BCUT2D eigenvalue weighted by molar-refractivity contribution is 9.10. The van der Waals surface area contributed by atoms with E-state index in [2.05, 4.69) is 35.0 Å². The molecule has 1 aromatic carbocycles. The molecule has 0 radical (unpaired) electrons. The maximum Gasteiger partial charge on any atom is 0.136 e. The van der Waals surface area contributed by atoms with Gasteiger partial charge in [-0.1, -0.05) is 13.0 Å². The quantitative estimate of drug-likeness (QED) is 0.916. The Morgan fingerprint density at radius 3 is 3.07 bits per heavy atom. The van der Waals surface area contributed by atoms with E-state index in [0.717, 1.165) is 36.2 Å². The third kappa shape index (κ3) is 2.18. The second-order valence-electron chi connectivity index (χ2n) is 4.07. The molecule has 1 aliphatic rings. The number of halogens is 1. The van der Waals surface area contributed by atoms with Crippen LogP contribution in [0.1, 0.15) is 30.4 Å². The SMILES string of the molecule is CC(CCN)c1cc(Br)c2c(c1)CCO2. The second-order valence-corrected chi connectivity index (χ2v) is 4.92. The zero-order valence-corrected chi connectivity index (χ0v) is 10.5. The molecule has 2 N–H and O–H groups in total. The molecule has 2 rings (SSSR count). The second kappa shape index (κ2) is 4.54. The largest absolute Gasteiger partial charge is 0.492 e. The van der Waals surface area contributed by atoms with Crippen LogP contribution in [0.2, 0.25) is 0 Å². The van der Waals surface area contributed by atoms with Gasteiger partial charge in [0.25, 0.3) is 0 Å². The monoisotopic (exact) mass is 269 g/mol. The molecule has 1 unspecified atom stereocenters. The van der Waals surface area contributed by atoms with E-state index in [4.69, 9.17) is 10.5 Å². The Morgan fingerprint density at radius 2 is 2.33 bits per heavy atom. The van der Waals surface area contributed by atoms with Gasteiger partial charge in [0.15, 0.2) is 0 Å². The Hall–Kier alpha value is -0.540. The number of hydrogen-bond donors (Lipinski definition) is 1. The predicted octanol–water partition coefficient (Wildman–Crippen LogP) is 2.84. The fourth-order valence-corrected chi connectivity index (χ4v) is 2.62. The summed E-state index contributed by atoms with van der Waals surface area (Å²) >= 11 is 3.56. The van der Waals surface area contributed by atoms with Crippen LogP contribution < -0.4 is 10.5 Å². The van der Waals surface area contributed by atoms with Crippen molar-refractivity contribution in [2.24, 2.45) is 5.73 Å². The molecule has 0 fully saturated rings. The highest BCUT2D eigenvalue weighted by atomic mass is 79.9. The highest BCUT2D eigenvalue weighted by Gasteiger charge is 2.18. The van der Waals surface area contributed by atoms with Crippen LogP contribution in [0.15, 0.2) is 16.6 Å². The molecule has 0 bridgehead atoms. The molecule has 3 heteroatoms. The highest BCUT2D eigenvalue weighted by Crippen LogP contribution is 2.37. The van der Waals surface area contributed by atoms with Gasteiger partial charge in [0, 0.05) is 6.42 Å². The van der Waals surface area contributed by atoms with Gasteiger partial charge >= 0.3 is 0 Å². The summed E-state index contributed by atoms with van der Waals surface area (Å²) in [5.41, 5.74) is 8.26. The summed E-state index contributed by atoms with van der Waals surface area (Å²) in [6.45, 7) is 3.77. The zero-order chi connectivity index (χ0) is 10.8. The van der Waals surface area contributed by atoms with Crippen LogP contribution in [0.3, 0.4) is 0 Å². The van der Waals surface area contributed by atoms with Crippen LogP contribution in [0.5, 0.6) is 5.75 Å². The van der Waals surface area contributed by atoms with Gasteiger partial charge in [-0.3, -0.25) is 0 Å². The molecule has 0 amide bonds. The van der Waals surface area contributed by atoms with E-state index in [1.165, 1.54) is 11.1 Å². The molecule has 0 saturated carbocycles. The molecule has 1 aromatic rings. The Bertz CT molecular complexity index is 365. The van der Waals surface area contributed by atoms with E-state index in [9.17, 15) is 0 Å². The Labute approximate surface area is 98.9 Å². The lowest BCUT2D eigenvalue weighted by Crippen LogP contribution is -2.04. The summed E-state index contributed by atoms with van der Waals surface area (Å²) in [7, 11) is 0. The number of nitrogens with two attached hydrogens (primary N) is 1. The summed E-state index contributed by atoms with van der Waals surface area (Å²) in [5, 5.41) is 0. The zero-order valence-electron chi connectivity index (χ0n) is 8.92. The number of hydrogen-bond acceptors (Lipinski definition) is 2. The first kappa shape index (κ1) is 11.0. The summed E-state index contributed by atoms with van der Waals surface area (Å²) in [5.74, 6) is 1.55. The van der Waals surface area contributed by atoms with E-state index in [1.807, 2.05) is 0 Å². The Balaban J connectivity index is 2.30. The number of rotatable bonds is 3. The average Bonchev–Trinajstić information content (AvgIpc) is 2.66. The van der Waals surface area contributed by atoms with Gasteiger partial charge in [0.2, 0.25) is 0 Å². The van der Waals surface area contributed by atoms with Crippen LogP contribution in [-0.2, 0) is 6.42 Å². The maximum absolute atomic E-state index is 5.58. The molecular weight excluding hydrogens is 254 g/mol. The fourth-order valence-electron chi connectivity index (χ4n) is 1.99. The van der Waals surface area contributed by atoms with Crippen LogP contribution >= 0.6 is 15.9 Å². The molecule has 0 saturated heterocycles. The third-order valence-corrected chi connectivity index (χ3v) is 3.52. The minimum Gasteiger partial charge on any atom is -0.492 e. The lowest BCUT2D eigenvalue weighted by atomic mass is 9.95. The van der Waals surface area contributed by atoms with Crippen molar-refractivity contribution < 1.29 is 4.74 Å². The summed E-state index contributed by atoms with van der Waals surface area (Å²) in [6.07, 6.45) is 2.06. The molecule has 2 nitrogen and oxygen atoms in total. The minimum absolute atomic E-state index is 0.525. The average molecular weight is 270 g/mol. The third-order valence-electron chi connectivity index (χ3n) is 2.93. The van der Waals surface area contributed by atoms with Gasteiger partial charge in [-0.25, -0.2) is 0 Å². The molecule has 0 aromatic heterocycles. The lowest BCUT2D eigenvalue weighted by Gasteiger charge is -2.13. The molecule has 1 heterocycles. The standard InChI is InChI=1S/C12H16BrNO/c1-8(2-4-14)10-6-9-3-5-15-12(9)11(13)7-10/h6-8H,2-5,14H2,1H3.